The van der Waals surface area contributed by atoms with Gasteiger partial charge < -0.3 is 14.8 Å². The van der Waals surface area contributed by atoms with Gasteiger partial charge in [0.1, 0.15) is 28.8 Å². The van der Waals surface area contributed by atoms with Gasteiger partial charge in [-0.2, -0.15) is 0 Å². The van der Waals surface area contributed by atoms with Gasteiger partial charge in [0.15, 0.2) is 0 Å². The maximum Gasteiger partial charge on any atom is 0.275 e. The third-order valence-corrected chi connectivity index (χ3v) is 3.50. The van der Waals surface area contributed by atoms with Gasteiger partial charge in [-0.3, -0.25) is 4.79 Å². The Hall–Kier alpha value is -3.15. The van der Waals surface area contributed by atoms with E-state index in [1.165, 1.54) is 6.07 Å². The molecule has 3 rings (SSSR count). The predicted octanol–water partition coefficient (Wildman–Crippen LogP) is 2.76. The fraction of sp³-hybridized carbons (Fsp3) is 0.111. The van der Waals surface area contributed by atoms with Gasteiger partial charge in [-0.05, 0) is 35.9 Å². The summed E-state index contributed by atoms with van der Waals surface area (Å²) in [5, 5.41) is 2.58. The Morgan fingerprint density at radius 1 is 1.08 bits per heavy atom. The fourth-order valence-corrected chi connectivity index (χ4v) is 2.32. The first kappa shape index (κ1) is 15.7. The van der Waals surface area contributed by atoms with Crippen molar-refractivity contribution in [1.29, 1.82) is 0 Å². The van der Waals surface area contributed by atoms with Crippen LogP contribution in [0.25, 0.3) is 6.08 Å². The quantitative estimate of drug-likeness (QED) is 0.879. The molecule has 0 aliphatic carbocycles. The molecule has 0 radical (unpaired) electrons. The smallest absolute Gasteiger partial charge is 0.275 e. The van der Waals surface area contributed by atoms with E-state index in [9.17, 15) is 9.18 Å². The monoisotopic (exact) mass is 326 g/mol. The third-order valence-electron chi connectivity index (χ3n) is 3.50. The van der Waals surface area contributed by atoms with Gasteiger partial charge >= 0.3 is 0 Å². The molecule has 2 aromatic rings. The third kappa shape index (κ3) is 3.12. The molecular formula is C18H15FN2O3. The Labute approximate surface area is 138 Å². The second-order valence-corrected chi connectivity index (χ2v) is 5.07. The van der Waals surface area contributed by atoms with Crippen molar-refractivity contribution in [2.45, 2.75) is 0 Å². The first-order chi connectivity index (χ1) is 11.6. The summed E-state index contributed by atoms with van der Waals surface area (Å²) in [4.78, 5) is 16.3. The summed E-state index contributed by atoms with van der Waals surface area (Å²) in [6.45, 7) is 0. The number of amidine groups is 1. The van der Waals surface area contributed by atoms with Gasteiger partial charge in [0.2, 0.25) is 0 Å². The molecule has 1 amide bonds. The van der Waals surface area contributed by atoms with Crippen molar-refractivity contribution < 1.29 is 18.7 Å². The molecule has 0 spiro atoms. The molecule has 0 atom stereocenters. The average molecular weight is 326 g/mol. The summed E-state index contributed by atoms with van der Waals surface area (Å²) >= 11 is 0. The van der Waals surface area contributed by atoms with Crippen LogP contribution in [0.1, 0.15) is 11.1 Å². The van der Waals surface area contributed by atoms with Crippen molar-refractivity contribution in [1.82, 2.24) is 5.32 Å². The van der Waals surface area contributed by atoms with Crippen molar-refractivity contribution in [2.75, 3.05) is 14.2 Å². The lowest BCUT2D eigenvalue weighted by Crippen LogP contribution is -2.25. The molecule has 1 aliphatic rings. The number of ether oxygens (including phenoxy) is 2. The molecule has 1 heterocycles. The highest BCUT2D eigenvalue weighted by Crippen LogP contribution is 2.25. The van der Waals surface area contributed by atoms with Crippen LogP contribution in [-0.4, -0.2) is 26.0 Å². The molecule has 0 fully saturated rings. The number of benzene rings is 2. The number of rotatable bonds is 4. The van der Waals surface area contributed by atoms with Crippen molar-refractivity contribution in [3.05, 3.63) is 65.1 Å². The molecular weight excluding hydrogens is 311 g/mol. The number of nitrogens with zero attached hydrogens (tertiary/aromatic N) is 1. The number of halogens is 1. The second-order valence-electron chi connectivity index (χ2n) is 5.07. The van der Waals surface area contributed by atoms with E-state index in [-0.39, 0.29) is 17.1 Å². The highest BCUT2D eigenvalue weighted by Gasteiger charge is 2.23. The van der Waals surface area contributed by atoms with Gasteiger partial charge in [-0.25, -0.2) is 9.38 Å². The molecule has 0 saturated carbocycles. The van der Waals surface area contributed by atoms with Crippen LogP contribution in [0.2, 0.25) is 0 Å². The average Bonchev–Trinajstić information content (AvgIpc) is 2.95. The Kier molecular flexibility index (Phi) is 4.29. The van der Waals surface area contributed by atoms with Gasteiger partial charge in [-0.1, -0.05) is 12.1 Å². The summed E-state index contributed by atoms with van der Waals surface area (Å²) in [6.07, 6.45) is 1.59. The number of carbonyl (C=O) groups is 1. The minimum atomic E-state index is -0.444. The Morgan fingerprint density at radius 2 is 1.75 bits per heavy atom. The summed E-state index contributed by atoms with van der Waals surface area (Å²) < 4.78 is 24.2. The highest BCUT2D eigenvalue weighted by molar-refractivity contribution is 6.19. The molecule has 0 bridgehead atoms. The van der Waals surface area contributed by atoms with E-state index >= 15 is 0 Å². The van der Waals surface area contributed by atoms with E-state index in [0.29, 0.717) is 17.1 Å². The number of hydrogen-bond acceptors (Lipinski definition) is 4. The van der Waals surface area contributed by atoms with Crippen molar-refractivity contribution >= 4 is 17.8 Å². The van der Waals surface area contributed by atoms with Crippen LogP contribution in [0.5, 0.6) is 11.5 Å². The summed E-state index contributed by atoms with van der Waals surface area (Å²) in [5.74, 6) is 0.547. The molecule has 24 heavy (non-hydrogen) atoms. The lowest BCUT2D eigenvalue weighted by atomic mass is 10.1. The SMILES string of the molecule is COc1cc(/C=C2/N=C(c3ccccc3F)NC2=O)cc(OC)c1. The molecule has 5 nitrogen and oxygen atoms in total. The molecule has 0 aromatic heterocycles. The first-order valence-corrected chi connectivity index (χ1v) is 7.20. The normalized spacial score (nSPS) is 15.2. The molecule has 122 valence electrons. The molecule has 2 aromatic carbocycles. The molecule has 6 heteroatoms. The van der Waals surface area contributed by atoms with E-state index in [2.05, 4.69) is 10.3 Å². The topological polar surface area (TPSA) is 59.9 Å². The Balaban J connectivity index is 1.99. The van der Waals surface area contributed by atoms with Crippen LogP contribution in [0.15, 0.2) is 53.2 Å². The first-order valence-electron chi connectivity index (χ1n) is 7.20. The zero-order valence-electron chi connectivity index (χ0n) is 13.2. The van der Waals surface area contributed by atoms with Crippen LogP contribution >= 0.6 is 0 Å². The Morgan fingerprint density at radius 3 is 2.38 bits per heavy atom. The van der Waals surface area contributed by atoms with E-state index in [1.807, 2.05) is 0 Å². The van der Waals surface area contributed by atoms with Crippen LogP contribution in [0.4, 0.5) is 4.39 Å². The maximum atomic E-state index is 13.8. The van der Waals surface area contributed by atoms with Gasteiger partial charge in [-0.15, -0.1) is 0 Å². The number of aliphatic imine (C=N–C) groups is 1. The van der Waals surface area contributed by atoms with E-state index in [0.717, 1.165) is 0 Å². The molecule has 1 aliphatic heterocycles. The minimum absolute atomic E-state index is 0.184. The minimum Gasteiger partial charge on any atom is -0.497 e. The number of hydrogen-bond donors (Lipinski definition) is 1. The van der Waals surface area contributed by atoms with Crippen LogP contribution in [0, 0.1) is 5.82 Å². The number of amides is 1. The maximum absolute atomic E-state index is 13.8. The Bertz CT molecular complexity index is 837. The fourth-order valence-electron chi connectivity index (χ4n) is 2.32. The summed E-state index contributed by atoms with van der Waals surface area (Å²) in [5.41, 5.74) is 1.12. The molecule has 0 unspecified atom stereocenters. The zero-order valence-corrected chi connectivity index (χ0v) is 13.2. The van der Waals surface area contributed by atoms with Gasteiger partial charge in [0, 0.05) is 6.07 Å². The number of methoxy groups -OCH3 is 2. The van der Waals surface area contributed by atoms with Crippen molar-refractivity contribution in [3.63, 3.8) is 0 Å². The lowest BCUT2D eigenvalue weighted by molar-refractivity contribution is -0.115. The number of carbonyl (C=O) groups excluding carboxylic acids is 1. The van der Waals surface area contributed by atoms with Gasteiger partial charge in [0.25, 0.3) is 5.91 Å². The second kappa shape index (κ2) is 6.54. The highest BCUT2D eigenvalue weighted by atomic mass is 19.1. The van der Waals surface area contributed by atoms with Crippen molar-refractivity contribution in [2.24, 2.45) is 4.99 Å². The summed E-state index contributed by atoms with van der Waals surface area (Å²) in [6, 6.07) is 11.4. The van der Waals surface area contributed by atoms with Crippen LogP contribution in [0.3, 0.4) is 0 Å². The molecule has 0 saturated heterocycles. The zero-order chi connectivity index (χ0) is 17.1. The number of nitrogens with one attached hydrogen (secondary N) is 1. The standard InChI is InChI=1S/C18H15FN2O3/c1-23-12-7-11(8-13(10-12)24-2)9-16-18(22)21-17(20-16)14-5-3-4-6-15(14)19/h3-10H,1-2H3,(H,20,21,22)/b16-9+. The van der Waals surface area contributed by atoms with Crippen molar-refractivity contribution in [3.8, 4) is 11.5 Å². The molecule has 1 N–H and O–H groups in total. The van der Waals surface area contributed by atoms with Crippen LogP contribution in [-0.2, 0) is 4.79 Å². The summed E-state index contributed by atoms with van der Waals surface area (Å²) in [7, 11) is 3.09. The largest absolute Gasteiger partial charge is 0.497 e. The predicted molar refractivity (Wildman–Crippen MR) is 88.6 cm³/mol. The van der Waals surface area contributed by atoms with E-state index in [1.54, 1.807) is 56.7 Å². The van der Waals surface area contributed by atoms with Gasteiger partial charge in [0.05, 0.1) is 19.8 Å². The van der Waals surface area contributed by atoms with Crippen LogP contribution < -0.4 is 14.8 Å². The van der Waals surface area contributed by atoms with E-state index < -0.39 is 11.7 Å². The lowest BCUT2D eigenvalue weighted by Gasteiger charge is -2.05. The van der Waals surface area contributed by atoms with E-state index in [4.69, 9.17) is 9.47 Å².